The van der Waals surface area contributed by atoms with Crippen LogP contribution >= 0.6 is 0 Å². The first-order valence-electron chi connectivity index (χ1n) is 7.94. The maximum Gasteiger partial charge on any atom is 0.278 e. The van der Waals surface area contributed by atoms with Crippen molar-refractivity contribution in [2.75, 3.05) is 5.32 Å². The van der Waals surface area contributed by atoms with E-state index in [0.717, 1.165) is 15.5 Å². The van der Waals surface area contributed by atoms with Crippen LogP contribution in [0.5, 0.6) is 0 Å². The number of anilines is 1. The lowest BCUT2D eigenvalue weighted by atomic mass is 10.0. The van der Waals surface area contributed by atoms with E-state index in [1.54, 1.807) is 19.1 Å². The maximum atomic E-state index is 12.8. The van der Waals surface area contributed by atoms with Crippen LogP contribution in [0, 0.1) is 6.92 Å². The Morgan fingerprint density at radius 3 is 2.69 bits per heavy atom. The monoisotopic (exact) mass is 346 g/mol. The molecule has 0 atom stereocenters. The summed E-state index contributed by atoms with van der Waals surface area (Å²) in [5.41, 5.74) is 1.27. The van der Waals surface area contributed by atoms with Crippen LogP contribution in [-0.4, -0.2) is 26.8 Å². The third-order valence-electron chi connectivity index (χ3n) is 3.91. The summed E-state index contributed by atoms with van der Waals surface area (Å²) >= 11 is 0. The molecule has 0 aliphatic rings. The Hall–Kier alpha value is -3.74. The molecule has 0 aliphatic carbocycles. The number of benzene rings is 2. The minimum Gasteiger partial charge on any atom is -0.338 e. The van der Waals surface area contributed by atoms with Crippen LogP contribution in [0.15, 0.2) is 65.3 Å². The minimum absolute atomic E-state index is 0.104. The number of hydrogen-bond acceptors (Lipinski definition) is 5. The molecule has 0 fully saturated rings. The topological polar surface area (TPSA) is 90.0 Å². The molecule has 2 aromatic heterocycles. The molecule has 4 aromatic rings. The molecule has 2 heterocycles. The van der Waals surface area contributed by atoms with Crippen LogP contribution in [-0.2, 0) is 0 Å². The second kappa shape index (κ2) is 6.29. The molecule has 0 bridgehead atoms. The fourth-order valence-corrected chi connectivity index (χ4v) is 2.69. The number of carbonyl (C=O) groups is 2. The lowest BCUT2D eigenvalue weighted by Crippen LogP contribution is -2.16. The molecule has 0 saturated carbocycles. The summed E-state index contributed by atoms with van der Waals surface area (Å²) in [6.07, 6.45) is 1.46. The van der Waals surface area contributed by atoms with Crippen molar-refractivity contribution in [2.45, 2.75) is 6.92 Å². The molecule has 0 unspecified atom stereocenters. The number of fused-ring (bicyclic) bond motifs is 1. The average molecular weight is 346 g/mol. The Labute approximate surface area is 148 Å². The average Bonchev–Trinajstić information content (AvgIpc) is 3.30. The first-order valence-corrected chi connectivity index (χ1v) is 7.94. The van der Waals surface area contributed by atoms with Gasteiger partial charge in [0.05, 0.1) is 5.69 Å². The van der Waals surface area contributed by atoms with Gasteiger partial charge in [0.25, 0.3) is 11.8 Å². The summed E-state index contributed by atoms with van der Waals surface area (Å²) in [4.78, 5) is 25.0. The van der Waals surface area contributed by atoms with Crippen molar-refractivity contribution in [3.05, 3.63) is 77.7 Å². The maximum absolute atomic E-state index is 12.8. The molecule has 0 spiro atoms. The quantitative estimate of drug-likeness (QED) is 0.615. The predicted molar refractivity (Wildman–Crippen MR) is 95.1 cm³/mol. The van der Waals surface area contributed by atoms with E-state index in [0.29, 0.717) is 11.3 Å². The van der Waals surface area contributed by atoms with Crippen molar-refractivity contribution in [3.8, 4) is 0 Å². The minimum atomic E-state index is -0.481. The number of hydrogen-bond donors (Lipinski definition) is 1. The van der Waals surface area contributed by atoms with E-state index in [2.05, 4.69) is 15.6 Å². The third kappa shape index (κ3) is 2.86. The molecule has 26 heavy (non-hydrogen) atoms. The predicted octanol–water partition coefficient (Wildman–Crippen LogP) is 3.27. The van der Waals surface area contributed by atoms with Crippen LogP contribution in [0.25, 0.3) is 10.8 Å². The normalized spacial score (nSPS) is 10.8. The van der Waals surface area contributed by atoms with Crippen LogP contribution in [0.2, 0.25) is 0 Å². The highest BCUT2D eigenvalue weighted by Gasteiger charge is 2.17. The van der Waals surface area contributed by atoms with Crippen LogP contribution in [0.3, 0.4) is 0 Å². The van der Waals surface area contributed by atoms with Crippen LogP contribution in [0.1, 0.15) is 26.5 Å². The molecule has 0 aliphatic heterocycles. The zero-order chi connectivity index (χ0) is 18.1. The Morgan fingerprint density at radius 1 is 1.08 bits per heavy atom. The highest BCUT2D eigenvalue weighted by atomic mass is 16.5. The van der Waals surface area contributed by atoms with Gasteiger partial charge in [-0.1, -0.05) is 41.6 Å². The van der Waals surface area contributed by atoms with Crippen molar-refractivity contribution < 1.29 is 14.1 Å². The van der Waals surface area contributed by atoms with E-state index in [-0.39, 0.29) is 17.5 Å². The SMILES string of the molecule is Cc1cc(NC(=O)c2ccn(C(=O)c3cccc4ccccc34)n2)on1. The van der Waals surface area contributed by atoms with Gasteiger partial charge in [0.2, 0.25) is 5.88 Å². The molecule has 7 nitrogen and oxygen atoms in total. The molecule has 0 radical (unpaired) electrons. The van der Waals surface area contributed by atoms with Gasteiger partial charge in [0, 0.05) is 17.8 Å². The molecule has 1 amide bonds. The molecular weight excluding hydrogens is 332 g/mol. The lowest BCUT2D eigenvalue weighted by Gasteiger charge is -2.05. The van der Waals surface area contributed by atoms with Gasteiger partial charge >= 0.3 is 0 Å². The van der Waals surface area contributed by atoms with Crippen molar-refractivity contribution in [1.82, 2.24) is 14.9 Å². The first kappa shape index (κ1) is 15.8. The Balaban J connectivity index is 1.61. The number of aromatic nitrogens is 3. The summed E-state index contributed by atoms with van der Waals surface area (Å²) in [5.74, 6) is -0.565. The van der Waals surface area contributed by atoms with Gasteiger partial charge in [-0.15, -0.1) is 0 Å². The number of nitrogens with zero attached hydrogens (tertiary/aromatic N) is 3. The second-order valence-corrected chi connectivity index (χ2v) is 5.76. The van der Waals surface area contributed by atoms with Gasteiger partial charge in [-0.05, 0) is 29.8 Å². The van der Waals surface area contributed by atoms with Gasteiger partial charge in [0.15, 0.2) is 5.69 Å². The molecule has 2 aromatic carbocycles. The number of amides is 1. The zero-order valence-electron chi connectivity index (χ0n) is 13.8. The van der Waals surface area contributed by atoms with E-state index in [9.17, 15) is 9.59 Å². The van der Waals surface area contributed by atoms with Crippen molar-refractivity contribution in [2.24, 2.45) is 0 Å². The van der Waals surface area contributed by atoms with E-state index >= 15 is 0 Å². The molecule has 4 rings (SSSR count). The van der Waals surface area contributed by atoms with E-state index in [1.165, 1.54) is 12.3 Å². The van der Waals surface area contributed by atoms with Gasteiger partial charge in [0.1, 0.15) is 0 Å². The number of carbonyl (C=O) groups excluding carboxylic acids is 2. The highest BCUT2D eigenvalue weighted by molar-refractivity contribution is 6.08. The molecule has 128 valence electrons. The van der Waals surface area contributed by atoms with Gasteiger partial charge in [-0.3, -0.25) is 14.9 Å². The molecule has 1 N–H and O–H groups in total. The Kier molecular flexibility index (Phi) is 3.81. The number of rotatable bonds is 3. The Morgan fingerprint density at radius 2 is 1.88 bits per heavy atom. The summed E-state index contributed by atoms with van der Waals surface area (Å²) < 4.78 is 6.10. The summed E-state index contributed by atoms with van der Waals surface area (Å²) in [7, 11) is 0. The smallest absolute Gasteiger partial charge is 0.278 e. The molecule has 7 heteroatoms. The lowest BCUT2D eigenvalue weighted by molar-refractivity contribution is 0.0945. The zero-order valence-corrected chi connectivity index (χ0v) is 13.8. The first-order chi connectivity index (χ1) is 12.6. The third-order valence-corrected chi connectivity index (χ3v) is 3.91. The van der Waals surface area contributed by atoms with Crippen molar-refractivity contribution in [3.63, 3.8) is 0 Å². The van der Waals surface area contributed by atoms with Crippen LogP contribution < -0.4 is 5.32 Å². The highest BCUT2D eigenvalue weighted by Crippen LogP contribution is 2.19. The largest absolute Gasteiger partial charge is 0.338 e. The number of nitrogens with one attached hydrogen (secondary N) is 1. The number of aryl methyl sites for hydroxylation is 1. The van der Waals surface area contributed by atoms with Gasteiger partial charge < -0.3 is 4.52 Å². The van der Waals surface area contributed by atoms with Crippen molar-refractivity contribution in [1.29, 1.82) is 0 Å². The van der Waals surface area contributed by atoms with E-state index in [1.807, 2.05) is 36.4 Å². The second-order valence-electron chi connectivity index (χ2n) is 5.76. The molecular formula is C19H14N4O3. The standard InChI is InChI=1S/C19H14N4O3/c1-12-11-17(26-22-12)20-18(24)16-9-10-23(21-16)19(25)15-8-4-6-13-5-2-3-7-14(13)15/h2-11H,1H3,(H,20,24). The van der Waals surface area contributed by atoms with Crippen LogP contribution in [0.4, 0.5) is 5.88 Å². The fraction of sp³-hybridized carbons (Fsp3) is 0.0526. The summed E-state index contributed by atoms with van der Waals surface area (Å²) in [6, 6.07) is 16.2. The van der Waals surface area contributed by atoms with Gasteiger partial charge in [-0.25, -0.2) is 4.68 Å². The van der Waals surface area contributed by atoms with E-state index in [4.69, 9.17) is 4.52 Å². The molecule has 0 saturated heterocycles. The van der Waals surface area contributed by atoms with Gasteiger partial charge in [-0.2, -0.15) is 5.10 Å². The fourth-order valence-electron chi connectivity index (χ4n) is 2.69. The summed E-state index contributed by atoms with van der Waals surface area (Å²) in [6.45, 7) is 1.75. The Bertz CT molecular complexity index is 1120. The van der Waals surface area contributed by atoms with E-state index < -0.39 is 5.91 Å². The van der Waals surface area contributed by atoms with Crippen molar-refractivity contribution >= 4 is 28.5 Å². The summed E-state index contributed by atoms with van der Waals surface area (Å²) in [5, 5.41) is 12.1.